The van der Waals surface area contributed by atoms with Crippen LogP contribution in [0.1, 0.15) is 23.2 Å². The predicted octanol–water partition coefficient (Wildman–Crippen LogP) is 1.51. The summed E-state index contributed by atoms with van der Waals surface area (Å²) in [6.07, 6.45) is 6.60. The van der Waals surface area contributed by atoms with Gasteiger partial charge in [0.1, 0.15) is 5.01 Å². The molecule has 0 radical (unpaired) electrons. The van der Waals surface area contributed by atoms with Crippen LogP contribution in [0.15, 0.2) is 29.6 Å². The number of aliphatic imine (C=N–C) groups is 1. The molecule has 0 bridgehead atoms. The molecule has 0 aromatic carbocycles. The highest BCUT2D eigenvalue weighted by Gasteiger charge is 2.18. The van der Waals surface area contributed by atoms with Gasteiger partial charge in [0.25, 0.3) is 0 Å². The molecule has 2 N–H and O–H groups in total. The van der Waals surface area contributed by atoms with E-state index in [1.165, 1.54) is 4.88 Å². The molecule has 9 heteroatoms. The zero-order valence-electron chi connectivity index (χ0n) is 16.8. The average Bonchev–Trinajstić information content (AvgIpc) is 3.15. The van der Waals surface area contributed by atoms with E-state index >= 15 is 0 Å². The van der Waals surface area contributed by atoms with Gasteiger partial charge in [0.15, 0.2) is 5.96 Å². The maximum Gasteiger partial charge on any atom is 0.225 e. The van der Waals surface area contributed by atoms with E-state index < -0.39 is 0 Å². The second-order valence-electron chi connectivity index (χ2n) is 6.72. The molecule has 3 rings (SSSR count). The number of hydrogen-bond donors (Lipinski definition) is 2. The smallest absolute Gasteiger partial charge is 0.225 e. The van der Waals surface area contributed by atoms with Crippen LogP contribution >= 0.6 is 11.3 Å². The Kier molecular flexibility index (Phi) is 7.98. The lowest BCUT2D eigenvalue weighted by Gasteiger charge is -2.34. The fourth-order valence-corrected chi connectivity index (χ4v) is 3.81. The van der Waals surface area contributed by atoms with Gasteiger partial charge in [0, 0.05) is 62.7 Å². The summed E-state index contributed by atoms with van der Waals surface area (Å²) in [5.41, 5.74) is 0. The normalized spacial score (nSPS) is 15.6. The molecule has 152 valence electrons. The summed E-state index contributed by atoms with van der Waals surface area (Å²) < 4.78 is 0. The van der Waals surface area contributed by atoms with E-state index in [2.05, 4.69) is 54.2 Å². The third-order valence-electron chi connectivity index (χ3n) is 4.54. The Hall–Kier alpha value is -2.26. The SMILES string of the molecule is CCNC(=NCc1ncc(C)s1)NCCCN1CCN(c2ncccn2)CC1. The highest BCUT2D eigenvalue weighted by Crippen LogP contribution is 2.12. The van der Waals surface area contributed by atoms with Crippen LogP contribution in [0, 0.1) is 6.92 Å². The summed E-state index contributed by atoms with van der Waals surface area (Å²) in [5, 5.41) is 7.79. The Morgan fingerprint density at radius 1 is 1.14 bits per heavy atom. The maximum absolute atomic E-state index is 4.63. The standard InChI is InChI=1S/C19H30N8S/c1-3-20-18(25-15-17-24-14-16(2)28-17)21-8-5-9-26-10-12-27(13-11-26)19-22-6-4-7-23-19/h4,6-7,14H,3,5,8-13,15H2,1-2H3,(H2,20,21,25). The molecule has 0 aliphatic carbocycles. The Morgan fingerprint density at radius 2 is 1.93 bits per heavy atom. The van der Waals surface area contributed by atoms with Crippen LogP contribution in [0.3, 0.4) is 0 Å². The molecule has 1 fully saturated rings. The van der Waals surface area contributed by atoms with Crippen molar-refractivity contribution in [3.05, 3.63) is 34.5 Å². The zero-order valence-corrected chi connectivity index (χ0v) is 17.6. The number of nitrogens with zero attached hydrogens (tertiary/aromatic N) is 6. The van der Waals surface area contributed by atoms with Crippen molar-refractivity contribution in [3.8, 4) is 0 Å². The van der Waals surface area contributed by atoms with Crippen LogP contribution < -0.4 is 15.5 Å². The number of aromatic nitrogens is 3. The van der Waals surface area contributed by atoms with Crippen LogP contribution in [-0.2, 0) is 6.54 Å². The molecule has 1 aliphatic rings. The number of hydrogen-bond acceptors (Lipinski definition) is 7. The molecule has 2 aromatic heterocycles. The molecule has 1 saturated heterocycles. The third-order valence-corrected chi connectivity index (χ3v) is 5.43. The topological polar surface area (TPSA) is 81.6 Å². The third kappa shape index (κ3) is 6.42. The van der Waals surface area contributed by atoms with E-state index in [9.17, 15) is 0 Å². The Morgan fingerprint density at radius 3 is 2.61 bits per heavy atom. The number of rotatable bonds is 8. The lowest BCUT2D eigenvalue weighted by molar-refractivity contribution is 0.254. The van der Waals surface area contributed by atoms with Gasteiger partial charge in [-0.15, -0.1) is 11.3 Å². The molecular weight excluding hydrogens is 372 g/mol. The van der Waals surface area contributed by atoms with E-state index in [0.29, 0.717) is 6.54 Å². The first-order valence-electron chi connectivity index (χ1n) is 9.92. The van der Waals surface area contributed by atoms with Crippen molar-refractivity contribution in [1.29, 1.82) is 0 Å². The van der Waals surface area contributed by atoms with E-state index in [-0.39, 0.29) is 0 Å². The molecule has 1 aliphatic heterocycles. The van der Waals surface area contributed by atoms with Crippen molar-refractivity contribution in [2.24, 2.45) is 4.99 Å². The first-order chi connectivity index (χ1) is 13.7. The molecule has 0 unspecified atom stereocenters. The minimum Gasteiger partial charge on any atom is -0.357 e. The van der Waals surface area contributed by atoms with E-state index in [1.807, 2.05) is 12.3 Å². The van der Waals surface area contributed by atoms with Gasteiger partial charge in [-0.1, -0.05) is 0 Å². The van der Waals surface area contributed by atoms with Crippen molar-refractivity contribution >= 4 is 23.2 Å². The van der Waals surface area contributed by atoms with Gasteiger partial charge < -0.3 is 15.5 Å². The molecule has 0 amide bonds. The van der Waals surface area contributed by atoms with E-state index in [0.717, 1.165) is 69.1 Å². The summed E-state index contributed by atoms with van der Waals surface area (Å²) >= 11 is 1.70. The van der Waals surface area contributed by atoms with E-state index in [4.69, 9.17) is 0 Å². The first-order valence-corrected chi connectivity index (χ1v) is 10.7. The number of nitrogens with one attached hydrogen (secondary N) is 2. The van der Waals surface area contributed by atoms with Gasteiger partial charge >= 0.3 is 0 Å². The summed E-state index contributed by atoms with van der Waals surface area (Å²) in [7, 11) is 0. The minimum atomic E-state index is 0.622. The fraction of sp³-hybridized carbons (Fsp3) is 0.579. The largest absolute Gasteiger partial charge is 0.357 e. The molecule has 0 atom stereocenters. The van der Waals surface area contributed by atoms with Gasteiger partial charge in [-0.2, -0.15) is 0 Å². The fourth-order valence-electron chi connectivity index (χ4n) is 3.10. The molecule has 0 saturated carbocycles. The monoisotopic (exact) mass is 402 g/mol. The minimum absolute atomic E-state index is 0.622. The Balaban J connectivity index is 1.35. The molecule has 28 heavy (non-hydrogen) atoms. The molecule has 3 heterocycles. The van der Waals surface area contributed by atoms with Crippen LogP contribution in [0.5, 0.6) is 0 Å². The van der Waals surface area contributed by atoms with Crippen LogP contribution in [-0.4, -0.2) is 71.6 Å². The van der Waals surface area contributed by atoms with Gasteiger partial charge in [-0.05, 0) is 32.9 Å². The highest BCUT2D eigenvalue weighted by molar-refractivity contribution is 7.11. The number of thiazole rings is 1. The summed E-state index contributed by atoms with van der Waals surface area (Å²) in [6.45, 7) is 11.7. The first kappa shape index (κ1) is 20.5. The van der Waals surface area contributed by atoms with Crippen LogP contribution in [0.2, 0.25) is 0 Å². The average molecular weight is 403 g/mol. The van der Waals surface area contributed by atoms with Gasteiger partial charge in [-0.25, -0.2) is 19.9 Å². The van der Waals surface area contributed by atoms with Gasteiger partial charge in [0.2, 0.25) is 5.95 Å². The van der Waals surface area contributed by atoms with Crippen molar-refractivity contribution in [3.63, 3.8) is 0 Å². The van der Waals surface area contributed by atoms with Gasteiger partial charge in [-0.3, -0.25) is 4.90 Å². The summed E-state index contributed by atoms with van der Waals surface area (Å²) in [6, 6.07) is 1.86. The van der Waals surface area contributed by atoms with Crippen molar-refractivity contribution in [2.75, 3.05) is 50.7 Å². The van der Waals surface area contributed by atoms with Crippen LogP contribution in [0.4, 0.5) is 5.95 Å². The zero-order chi connectivity index (χ0) is 19.6. The number of piperazine rings is 1. The van der Waals surface area contributed by atoms with E-state index in [1.54, 1.807) is 23.7 Å². The molecule has 0 spiro atoms. The highest BCUT2D eigenvalue weighted by atomic mass is 32.1. The predicted molar refractivity (Wildman–Crippen MR) is 115 cm³/mol. The molecular formula is C19H30N8S. The quantitative estimate of drug-likeness (QED) is 0.393. The maximum atomic E-state index is 4.63. The number of anilines is 1. The van der Waals surface area contributed by atoms with Crippen LogP contribution in [0.25, 0.3) is 0 Å². The lowest BCUT2D eigenvalue weighted by Crippen LogP contribution is -2.47. The summed E-state index contributed by atoms with van der Waals surface area (Å²) in [4.78, 5) is 23.7. The lowest BCUT2D eigenvalue weighted by atomic mass is 10.3. The Labute approximate surface area is 171 Å². The number of guanidine groups is 1. The summed E-state index contributed by atoms with van der Waals surface area (Å²) in [5.74, 6) is 1.70. The van der Waals surface area contributed by atoms with Crippen molar-refractivity contribution < 1.29 is 0 Å². The molecule has 8 nitrogen and oxygen atoms in total. The Bertz CT molecular complexity index is 725. The second-order valence-corrected chi connectivity index (χ2v) is 8.04. The number of aryl methyl sites for hydroxylation is 1. The molecule has 2 aromatic rings. The van der Waals surface area contributed by atoms with Crippen molar-refractivity contribution in [2.45, 2.75) is 26.8 Å². The van der Waals surface area contributed by atoms with Gasteiger partial charge in [0.05, 0.1) is 6.54 Å². The second kappa shape index (κ2) is 10.9. The van der Waals surface area contributed by atoms with Crippen molar-refractivity contribution in [1.82, 2.24) is 30.5 Å².